The Hall–Kier alpha value is -2.77. The molecule has 1 aromatic carbocycles. The van der Waals surface area contributed by atoms with E-state index in [0.29, 0.717) is 18.1 Å². The van der Waals surface area contributed by atoms with Crippen molar-refractivity contribution in [3.8, 4) is 0 Å². The number of aromatic nitrogens is 4. The fraction of sp³-hybridized carbons (Fsp3) is 0.471. The smallest absolute Gasteiger partial charge is 0.283 e. The maximum absolute atomic E-state index is 12.8. The van der Waals surface area contributed by atoms with Gasteiger partial charge in [0, 0.05) is 13.1 Å². The molecule has 132 valence electrons. The Morgan fingerprint density at radius 1 is 1.32 bits per heavy atom. The Morgan fingerprint density at radius 3 is 2.72 bits per heavy atom. The normalized spacial score (nSPS) is 16.0. The van der Waals surface area contributed by atoms with Crippen molar-refractivity contribution in [2.45, 2.75) is 38.5 Å². The number of tetrazole rings is 1. The minimum atomic E-state index is -0.00986. The highest BCUT2D eigenvalue weighted by Gasteiger charge is 2.26. The predicted octanol–water partition coefficient (Wildman–Crippen LogP) is 2.17. The molecular weight excluding hydrogens is 318 g/mol. The van der Waals surface area contributed by atoms with Gasteiger partial charge in [-0.1, -0.05) is 48.8 Å². The average Bonchev–Trinajstić information content (AvgIpc) is 3.19. The number of hydrogen-bond donors (Lipinski definition) is 2. The summed E-state index contributed by atoms with van der Waals surface area (Å²) < 4.78 is 0. The molecule has 1 saturated heterocycles. The standard InChI is InChI=1S/C17H23N7O/c1-2-6-15(18-19-17-20-22-23-21-17)16(25)24-11-9-14(10-12-24)13-7-4-3-5-8-13/h3-5,7-8,14H,2,6,9-12H2,1H3,(H2,19,20,21,22,23). The summed E-state index contributed by atoms with van der Waals surface area (Å²) in [5.74, 6) is 0.766. The van der Waals surface area contributed by atoms with Crippen molar-refractivity contribution in [2.75, 3.05) is 18.5 Å². The molecule has 1 aromatic heterocycles. The molecule has 0 unspecified atom stereocenters. The van der Waals surface area contributed by atoms with E-state index in [1.807, 2.05) is 17.9 Å². The number of rotatable bonds is 6. The van der Waals surface area contributed by atoms with Gasteiger partial charge in [0.25, 0.3) is 11.9 Å². The second kappa shape index (κ2) is 8.36. The van der Waals surface area contributed by atoms with Gasteiger partial charge in [0.15, 0.2) is 0 Å². The van der Waals surface area contributed by atoms with Crippen molar-refractivity contribution in [2.24, 2.45) is 5.10 Å². The van der Waals surface area contributed by atoms with Crippen molar-refractivity contribution >= 4 is 17.6 Å². The molecule has 2 N–H and O–H groups in total. The summed E-state index contributed by atoms with van der Waals surface area (Å²) in [5.41, 5.74) is 4.55. The Kier molecular flexibility index (Phi) is 5.71. The number of piperidine rings is 1. The molecule has 2 aromatic rings. The van der Waals surface area contributed by atoms with E-state index in [1.54, 1.807) is 0 Å². The van der Waals surface area contributed by atoms with Gasteiger partial charge in [0.1, 0.15) is 5.71 Å². The lowest BCUT2D eigenvalue weighted by atomic mass is 9.89. The van der Waals surface area contributed by atoms with Crippen LogP contribution in [0.25, 0.3) is 0 Å². The summed E-state index contributed by atoms with van der Waals surface area (Å²) in [6.45, 7) is 3.53. The lowest BCUT2D eigenvalue weighted by Gasteiger charge is -2.32. The largest absolute Gasteiger partial charge is 0.338 e. The first-order valence-corrected chi connectivity index (χ1v) is 8.68. The van der Waals surface area contributed by atoms with E-state index < -0.39 is 0 Å². The monoisotopic (exact) mass is 341 g/mol. The molecule has 1 amide bonds. The lowest BCUT2D eigenvalue weighted by molar-refractivity contribution is -0.125. The van der Waals surface area contributed by atoms with E-state index in [9.17, 15) is 4.79 Å². The van der Waals surface area contributed by atoms with Crippen LogP contribution in [0.15, 0.2) is 35.4 Å². The molecule has 2 heterocycles. The molecule has 0 bridgehead atoms. The molecule has 0 radical (unpaired) electrons. The van der Waals surface area contributed by atoms with E-state index >= 15 is 0 Å². The minimum Gasteiger partial charge on any atom is -0.338 e. The van der Waals surface area contributed by atoms with Gasteiger partial charge in [-0.25, -0.2) is 5.43 Å². The summed E-state index contributed by atoms with van der Waals surface area (Å²) in [7, 11) is 0. The van der Waals surface area contributed by atoms with Crippen LogP contribution in [0.4, 0.5) is 5.95 Å². The molecule has 0 atom stereocenters. The Balaban J connectivity index is 1.60. The number of aromatic amines is 1. The van der Waals surface area contributed by atoms with Gasteiger partial charge >= 0.3 is 0 Å². The van der Waals surface area contributed by atoms with E-state index in [4.69, 9.17) is 0 Å². The predicted molar refractivity (Wildman–Crippen MR) is 95.1 cm³/mol. The summed E-state index contributed by atoms with van der Waals surface area (Å²) in [6.07, 6.45) is 3.42. The molecule has 25 heavy (non-hydrogen) atoms. The Labute approximate surface area is 146 Å². The van der Waals surface area contributed by atoms with Crippen molar-refractivity contribution in [3.05, 3.63) is 35.9 Å². The van der Waals surface area contributed by atoms with E-state index in [1.165, 1.54) is 5.56 Å². The van der Waals surface area contributed by atoms with E-state index in [0.717, 1.165) is 32.4 Å². The van der Waals surface area contributed by atoms with Gasteiger partial charge in [0.05, 0.1) is 0 Å². The highest BCUT2D eigenvalue weighted by Crippen LogP contribution is 2.27. The van der Waals surface area contributed by atoms with Crippen LogP contribution in [0.5, 0.6) is 0 Å². The van der Waals surface area contributed by atoms with Crippen LogP contribution in [0.1, 0.15) is 44.1 Å². The summed E-state index contributed by atoms with van der Waals surface area (Å²) in [5, 5.41) is 17.5. The van der Waals surface area contributed by atoms with Crippen LogP contribution >= 0.6 is 0 Å². The number of benzene rings is 1. The molecule has 0 saturated carbocycles. The van der Waals surface area contributed by atoms with Crippen LogP contribution < -0.4 is 5.43 Å². The number of carbonyl (C=O) groups is 1. The van der Waals surface area contributed by atoms with E-state index in [-0.39, 0.29) is 11.9 Å². The fourth-order valence-electron chi connectivity index (χ4n) is 3.10. The first-order valence-electron chi connectivity index (χ1n) is 8.68. The summed E-state index contributed by atoms with van der Waals surface area (Å²) >= 11 is 0. The SMILES string of the molecule is CCCC(=NNc1nn[nH]n1)C(=O)N1CCC(c2ccccc2)CC1. The van der Waals surface area contributed by atoms with Gasteiger partial charge in [0.2, 0.25) is 0 Å². The second-order valence-electron chi connectivity index (χ2n) is 6.13. The zero-order valence-electron chi connectivity index (χ0n) is 14.4. The van der Waals surface area contributed by atoms with Crippen LogP contribution in [-0.4, -0.2) is 50.2 Å². The third-order valence-corrected chi connectivity index (χ3v) is 4.42. The number of likely N-dealkylation sites (tertiary alicyclic amines) is 1. The molecule has 1 aliphatic rings. The fourth-order valence-corrected chi connectivity index (χ4v) is 3.10. The maximum atomic E-state index is 12.8. The number of nitrogens with one attached hydrogen (secondary N) is 2. The topological polar surface area (TPSA) is 99.2 Å². The number of amides is 1. The zero-order chi connectivity index (χ0) is 17.5. The lowest BCUT2D eigenvalue weighted by Crippen LogP contribution is -2.42. The summed E-state index contributed by atoms with van der Waals surface area (Å²) in [4.78, 5) is 14.7. The number of nitrogens with zero attached hydrogens (tertiary/aromatic N) is 5. The first-order chi connectivity index (χ1) is 12.3. The molecule has 8 heteroatoms. The highest BCUT2D eigenvalue weighted by atomic mass is 16.2. The highest BCUT2D eigenvalue weighted by molar-refractivity contribution is 6.38. The van der Waals surface area contributed by atoms with Gasteiger partial charge in [-0.2, -0.15) is 10.3 Å². The third-order valence-electron chi connectivity index (χ3n) is 4.42. The number of anilines is 1. The Bertz CT molecular complexity index is 691. The summed E-state index contributed by atoms with van der Waals surface area (Å²) in [6, 6.07) is 10.5. The number of hydrazone groups is 1. The van der Waals surface area contributed by atoms with Gasteiger partial charge in [-0.05, 0) is 36.0 Å². The van der Waals surface area contributed by atoms with E-state index in [2.05, 4.69) is 55.4 Å². The molecule has 0 aliphatic carbocycles. The molecule has 1 fully saturated rings. The molecule has 8 nitrogen and oxygen atoms in total. The number of H-pyrrole nitrogens is 1. The third kappa shape index (κ3) is 4.40. The van der Waals surface area contributed by atoms with Gasteiger partial charge < -0.3 is 4.90 Å². The average molecular weight is 341 g/mol. The molecule has 0 spiro atoms. The first kappa shape index (κ1) is 17.1. The van der Waals surface area contributed by atoms with Crippen LogP contribution in [0.3, 0.4) is 0 Å². The minimum absolute atomic E-state index is 0.00986. The van der Waals surface area contributed by atoms with Crippen molar-refractivity contribution in [3.63, 3.8) is 0 Å². The number of hydrogen-bond acceptors (Lipinski definition) is 6. The van der Waals surface area contributed by atoms with Crippen LogP contribution in [0, 0.1) is 0 Å². The van der Waals surface area contributed by atoms with Gasteiger partial charge in [-0.15, -0.1) is 5.10 Å². The van der Waals surface area contributed by atoms with Crippen LogP contribution in [-0.2, 0) is 4.79 Å². The molecule has 3 rings (SSSR count). The maximum Gasteiger partial charge on any atom is 0.283 e. The number of carbonyl (C=O) groups excluding carboxylic acids is 1. The molecular formula is C17H23N7O. The zero-order valence-corrected chi connectivity index (χ0v) is 14.4. The van der Waals surface area contributed by atoms with Crippen LogP contribution in [0.2, 0.25) is 0 Å². The second-order valence-corrected chi connectivity index (χ2v) is 6.13. The van der Waals surface area contributed by atoms with Crippen molar-refractivity contribution in [1.29, 1.82) is 0 Å². The molecule has 1 aliphatic heterocycles. The van der Waals surface area contributed by atoms with Crippen molar-refractivity contribution < 1.29 is 4.79 Å². The Morgan fingerprint density at radius 2 is 2.08 bits per heavy atom. The quantitative estimate of drug-likeness (QED) is 0.620. The van der Waals surface area contributed by atoms with Crippen molar-refractivity contribution in [1.82, 2.24) is 25.5 Å². The van der Waals surface area contributed by atoms with Gasteiger partial charge in [-0.3, -0.25) is 4.79 Å².